The van der Waals surface area contributed by atoms with Crippen molar-refractivity contribution in [2.75, 3.05) is 13.0 Å². The second kappa shape index (κ2) is 12.9. The number of aryl methyl sites for hydroxylation is 1. The molecule has 31 heavy (non-hydrogen) atoms. The fourth-order valence-corrected chi connectivity index (χ4v) is 4.08. The van der Waals surface area contributed by atoms with Crippen LogP contribution in [0.3, 0.4) is 0 Å². The lowest BCUT2D eigenvalue weighted by Crippen LogP contribution is -2.45. The van der Waals surface area contributed by atoms with Gasteiger partial charge in [0.2, 0.25) is 0 Å². The molecule has 0 spiro atoms. The summed E-state index contributed by atoms with van der Waals surface area (Å²) in [5.74, 6) is 6.37. The van der Waals surface area contributed by atoms with Gasteiger partial charge < -0.3 is 10.3 Å². The van der Waals surface area contributed by atoms with Crippen molar-refractivity contribution in [3.8, 4) is 11.8 Å². The molecule has 0 amide bonds. The minimum Gasteiger partial charge on any atom is -0.329 e. The van der Waals surface area contributed by atoms with Crippen LogP contribution in [-0.4, -0.2) is 29.6 Å². The second-order valence-electron chi connectivity index (χ2n) is 7.42. The van der Waals surface area contributed by atoms with E-state index in [4.69, 9.17) is 5.50 Å². The number of rotatable bonds is 6. The molecule has 0 aliphatic heterocycles. The van der Waals surface area contributed by atoms with Gasteiger partial charge in [-0.1, -0.05) is 66.1 Å². The highest BCUT2D eigenvalue weighted by Crippen LogP contribution is 2.23. The third-order valence-corrected chi connectivity index (χ3v) is 5.67. The first-order chi connectivity index (χ1) is 15.0. The van der Waals surface area contributed by atoms with Crippen LogP contribution in [0.5, 0.6) is 0 Å². The van der Waals surface area contributed by atoms with E-state index in [0.717, 1.165) is 24.0 Å². The molecule has 3 rings (SSSR count). The monoisotopic (exact) mass is 427 g/mol. The van der Waals surface area contributed by atoms with Gasteiger partial charge in [-0.2, -0.15) is 0 Å². The Balaban J connectivity index is 0.00000166. The fraction of sp³-hybridized carbons (Fsp3) is 0.192. The number of hydrogen-bond acceptors (Lipinski definition) is 3. The van der Waals surface area contributed by atoms with Crippen molar-refractivity contribution in [2.24, 2.45) is 5.50 Å². The Morgan fingerprint density at radius 1 is 1.00 bits per heavy atom. The van der Waals surface area contributed by atoms with Crippen LogP contribution in [0.4, 0.5) is 0 Å². The molecule has 1 unspecified atom stereocenters. The molecule has 158 valence electrons. The van der Waals surface area contributed by atoms with Gasteiger partial charge in [0.25, 0.3) is 6.85 Å². The smallest absolute Gasteiger partial charge is 0.254 e. The van der Waals surface area contributed by atoms with Gasteiger partial charge in [0, 0.05) is 36.4 Å². The summed E-state index contributed by atoms with van der Waals surface area (Å²) in [6.45, 7) is 13.7. The molecule has 5 heteroatoms. The summed E-state index contributed by atoms with van der Waals surface area (Å²) in [4.78, 5) is 6.56. The Labute approximate surface area is 189 Å². The predicted molar refractivity (Wildman–Crippen MR) is 138 cm³/mol. The van der Waals surface area contributed by atoms with Crippen LogP contribution in [0.25, 0.3) is 0 Å². The van der Waals surface area contributed by atoms with Crippen molar-refractivity contribution in [1.82, 2.24) is 9.79 Å². The van der Waals surface area contributed by atoms with Crippen molar-refractivity contribution < 1.29 is 0 Å². The maximum Gasteiger partial charge on any atom is 0.254 e. The highest BCUT2D eigenvalue weighted by Gasteiger charge is 2.21. The normalized spacial score (nSPS) is 11.0. The van der Waals surface area contributed by atoms with Crippen LogP contribution in [0, 0.1) is 18.8 Å². The average molecular weight is 427 g/mol. The van der Waals surface area contributed by atoms with Gasteiger partial charge in [0.15, 0.2) is 0 Å². The molecule has 2 N–H and O–H groups in total. The zero-order valence-electron chi connectivity index (χ0n) is 18.8. The second-order valence-corrected chi connectivity index (χ2v) is 9.22. The zero-order chi connectivity index (χ0) is 22.6. The van der Waals surface area contributed by atoms with E-state index in [-0.39, 0.29) is 6.85 Å². The highest BCUT2D eigenvalue weighted by atomic mass is 31.1. The van der Waals surface area contributed by atoms with Crippen LogP contribution in [-0.2, 0) is 6.54 Å². The summed E-state index contributed by atoms with van der Waals surface area (Å²) in [6.07, 6.45) is 4.45. The van der Waals surface area contributed by atoms with E-state index in [9.17, 15) is 0 Å². The third kappa shape index (κ3) is 8.15. The molecule has 0 bridgehead atoms. The quantitative estimate of drug-likeness (QED) is 0.264. The number of aromatic nitrogens is 1. The Morgan fingerprint density at radius 3 is 2.23 bits per heavy atom. The predicted octanol–water partition coefficient (Wildman–Crippen LogP) is 4.87. The lowest BCUT2D eigenvalue weighted by Gasteiger charge is -2.29. The van der Waals surface area contributed by atoms with Crippen molar-refractivity contribution in [1.29, 1.82) is 0 Å². The molecule has 3 aromatic rings. The number of benzene rings is 2. The summed E-state index contributed by atoms with van der Waals surface area (Å²) in [6, 6.07) is 21.2. The van der Waals surface area contributed by atoms with Crippen LogP contribution in [0.2, 0.25) is 6.82 Å². The van der Waals surface area contributed by atoms with E-state index in [1.165, 1.54) is 16.6 Å². The molecule has 1 atom stereocenters. The molecule has 0 saturated carbocycles. The standard InChI is InChI=1S/C24H27BN3P.C2H4/c1-20-6-8-23(9-7-20)18-28(19-29(3)26)25(2)24-14-12-21(13-15-24)10-11-22-5-4-16-27-17-22;1-2/h4-9,12-17H,18-19,26H2,1-3H3;1-2H2. The maximum atomic E-state index is 6.21. The Kier molecular flexibility index (Phi) is 10.2. The highest BCUT2D eigenvalue weighted by molar-refractivity contribution is 7.54. The molecular formula is C26H31BN3P. The number of nitrogens with two attached hydrogens (primary N) is 1. The van der Waals surface area contributed by atoms with Gasteiger partial charge in [-0.05, 0) is 51.5 Å². The molecule has 1 heterocycles. The van der Waals surface area contributed by atoms with Gasteiger partial charge in [-0.25, -0.2) is 0 Å². The summed E-state index contributed by atoms with van der Waals surface area (Å²) in [5, 5.41) is 0. The number of nitrogens with zero attached hydrogens (tertiary/aromatic N) is 2. The van der Waals surface area contributed by atoms with Gasteiger partial charge in [-0.3, -0.25) is 4.98 Å². The summed E-state index contributed by atoms with van der Waals surface area (Å²) in [5.41, 5.74) is 12.0. The van der Waals surface area contributed by atoms with Gasteiger partial charge in [-0.15, -0.1) is 13.2 Å². The minimum atomic E-state index is -0.505. The maximum absolute atomic E-state index is 6.21. The summed E-state index contributed by atoms with van der Waals surface area (Å²) >= 11 is 0. The topological polar surface area (TPSA) is 42.2 Å². The van der Waals surface area contributed by atoms with Crippen LogP contribution in [0.15, 0.2) is 86.2 Å². The largest absolute Gasteiger partial charge is 0.329 e. The Bertz CT molecular complexity index is 977. The van der Waals surface area contributed by atoms with Crippen LogP contribution >= 0.6 is 8.07 Å². The zero-order valence-corrected chi connectivity index (χ0v) is 19.6. The van der Waals surface area contributed by atoms with Gasteiger partial charge >= 0.3 is 0 Å². The van der Waals surface area contributed by atoms with E-state index in [1.807, 2.05) is 12.1 Å². The lowest BCUT2D eigenvalue weighted by molar-refractivity contribution is 0.501. The Hall–Kier alpha value is -2.70. The van der Waals surface area contributed by atoms with E-state index in [0.29, 0.717) is 0 Å². The molecule has 0 radical (unpaired) electrons. The molecule has 0 aliphatic rings. The van der Waals surface area contributed by atoms with E-state index < -0.39 is 8.07 Å². The summed E-state index contributed by atoms with van der Waals surface area (Å²) < 4.78 is 0. The Morgan fingerprint density at radius 2 is 1.65 bits per heavy atom. The van der Waals surface area contributed by atoms with Gasteiger partial charge in [0.1, 0.15) is 0 Å². The SMILES string of the molecule is C=C.CB(c1ccc(C#Cc2cccnc2)cc1)N(Cc1ccc(C)cc1)CP(C)N. The van der Waals surface area contributed by atoms with Gasteiger partial charge in [0.05, 0.1) is 0 Å². The first kappa shape index (κ1) is 24.6. The van der Waals surface area contributed by atoms with Crippen LogP contribution < -0.4 is 11.0 Å². The number of pyridine rings is 1. The lowest BCUT2D eigenvalue weighted by atomic mass is 9.56. The van der Waals surface area contributed by atoms with Crippen molar-refractivity contribution in [3.63, 3.8) is 0 Å². The third-order valence-electron chi connectivity index (χ3n) is 4.86. The average Bonchev–Trinajstić information content (AvgIpc) is 2.80. The number of hydrogen-bond donors (Lipinski definition) is 1. The molecule has 3 nitrogen and oxygen atoms in total. The van der Waals surface area contributed by atoms with Crippen molar-refractivity contribution in [3.05, 3.63) is 108 Å². The molecule has 0 fully saturated rings. The minimum absolute atomic E-state index is 0.283. The fourth-order valence-electron chi connectivity index (χ4n) is 3.16. The molecule has 1 aromatic heterocycles. The van der Waals surface area contributed by atoms with Crippen LogP contribution in [0.1, 0.15) is 22.3 Å². The van der Waals surface area contributed by atoms with E-state index in [2.05, 4.69) is 104 Å². The first-order valence-corrected chi connectivity index (χ1v) is 12.3. The van der Waals surface area contributed by atoms with E-state index >= 15 is 0 Å². The molecule has 0 aliphatic carbocycles. The first-order valence-electron chi connectivity index (χ1n) is 10.3. The molecule has 2 aromatic carbocycles. The molecule has 0 saturated heterocycles. The van der Waals surface area contributed by atoms with E-state index in [1.54, 1.807) is 12.4 Å². The molecular weight excluding hydrogens is 396 g/mol. The summed E-state index contributed by atoms with van der Waals surface area (Å²) in [7, 11) is -0.505. The van der Waals surface area contributed by atoms with Crippen molar-refractivity contribution in [2.45, 2.75) is 20.3 Å². The van der Waals surface area contributed by atoms with Crippen molar-refractivity contribution >= 4 is 20.4 Å².